The first-order chi connectivity index (χ1) is 10.9. The average Bonchev–Trinajstić information content (AvgIpc) is 3.05. The van der Waals surface area contributed by atoms with Crippen LogP contribution in [0.2, 0.25) is 0 Å². The smallest absolute Gasteiger partial charge is 0.321 e. The van der Waals surface area contributed by atoms with E-state index in [1.165, 1.54) is 6.07 Å². The van der Waals surface area contributed by atoms with Gasteiger partial charge in [-0.3, -0.25) is 5.32 Å². The molecular formula is C13H16FN3O3S3. The van der Waals surface area contributed by atoms with Crippen molar-refractivity contribution in [3.05, 3.63) is 33.2 Å². The summed E-state index contributed by atoms with van der Waals surface area (Å²) in [5, 5.41) is 6.74. The molecular weight excluding hydrogens is 361 g/mol. The number of thiazole rings is 1. The lowest BCUT2D eigenvalue weighted by Gasteiger charge is -2.03. The first kappa shape index (κ1) is 17.8. The molecule has 23 heavy (non-hydrogen) atoms. The normalized spacial score (nSPS) is 11.4. The van der Waals surface area contributed by atoms with Gasteiger partial charge in [0.05, 0.1) is 23.7 Å². The molecule has 2 heterocycles. The Hall–Kier alpha value is -1.52. The minimum atomic E-state index is -3.16. The number of rotatable bonds is 7. The number of halogens is 1. The summed E-state index contributed by atoms with van der Waals surface area (Å²) >= 11 is 2.12. The summed E-state index contributed by atoms with van der Waals surface area (Å²) in [4.78, 5) is 16.5. The summed E-state index contributed by atoms with van der Waals surface area (Å²) in [7, 11) is -3.16. The second-order valence-electron chi connectivity index (χ2n) is 4.75. The molecule has 2 amide bonds. The minimum Gasteiger partial charge on any atom is -0.333 e. The van der Waals surface area contributed by atoms with Crippen molar-refractivity contribution < 1.29 is 17.6 Å². The van der Waals surface area contributed by atoms with Crippen molar-refractivity contribution in [3.8, 4) is 0 Å². The minimum absolute atomic E-state index is 0.116. The molecule has 0 fully saturated rings. The number of hydrogen-bond donors (Lipinski definition) is 2. The molecule has 2 aromatic heterocycles. The first-order valence-electron chi connectivity index (χ1n) is 6.82. The van der Waals surface area contributed by atoms with Crippen LogP contribution in [0.5, 0.6) is 0 Å². The zero-order chi connectivity index (χ0) is 16.9. The van der Waals surface area contributed by atoms with Crippen molar-refractivity contribution in [2.75, 3.05) is 11.1 Å². The maximum atomic E-state index is 12.8. The SMILES string of the molecule is CCCS(=O)(=O)Cc1csc(NC(=O)NCc2ccc(F)s2)n1. The van der Waals surface area contributed by atoms with E-state index in [9.17, 15) is 17.6 Å². The fraction of sp³-hybridized carbons (Fsp3) is 0.385. The fourth-order valence-corrected chi connectivity index (χ4v) is 4.64. The Morgan fingerprint density at radius 1 is 1.39 bits per heavy atom. The van der Waals surface area contributed by atoms with Crippen molar-refractivity contribution >= 4 is 43.7 Å². The summed E-state index contributed by atoms with van der Waals surface area (Å²) in [5.74, 6) is -0.0136. The van der Waals surface area contributed by atoms with Crippen LogP contribution in [-0.2, 0) is 22.1 Å². The molecule has 10 heteroatoms. The Morgan fingerprint density at radius 2 is 2.17 bits per heavy atom. The summed E-state index contributed by atoms with van der Waals surface area (Å²) in [6.07, 6.45) is 0.559. The van der Waals surface area contributed by atoms with E-state index < -0.39 is 15.9 Å². The highest BCUT2D eigenvalue weighted by molar-refractivity contribution is 7.90. The van der Waals surface area contributed by atoms with E-state index in [1.54, 1.807) is 18.4 Å². The molecule has 0 aliphatic heterocycles. The Bertz CT molecular complexity index is 770. The number of urea groups is 1. The topological polar surface area (TPSA) is 88.2 Å². The summed E-state index contributed by atoms with van der Waals surface area (Å²) < 4.78 is 36.3. The number of aromatic nitrogens is 1. The van der Waals surface area contributed by atoms with Gasteiger partial charge in [0, 0.05) is 10.3 Å². The molecule has 0 atom stereocenters. The first-order valence-corrected chi connectivity index (χ1v) is 10.3. The van der Waals surface area contributed by atoms with Crippen molar-refractivity contribution in [3.63, 3.8) is 0 Å². The largest absolute Gasteiger partial charge is 0.333 e. The Morgan fingerprint density at radius 3 is 2.83 bits per heavy atom. The molecule has 2 aromatic rings. The number of nitrogens with zero attached hydrogens (tertiary/aromatic N) is 1. The number of anilines is 1. The van der Waals surface area contributed by atoms with Gasteiger partial charge in [0.25, 0.3) is 0 Å². The van der Waals surface area contributed by atoms with Crippen LogP contribution in [0.3, 0.4) is 0 Å². The summed E-state index contributed by atoms with van der Waals surface area (Å²) in [5.41, 5.74) is 0.416. The molecule has 0 saturated carbocycles. The number of carbonyl (C=O) groups excluding carboxylic acids is 1. The lowest BCUT2D eigenvalue weighted by molar-refractivity contribution is 0.252. The molecule has 0 aromatic carbocycles. The van der Waals surface area contributed by atoms with Crippen LogP contribution in [0.25, 0.3) is 0 Å². The molecule has 0 spiro atoms. The van der Waals surface area contributed by atoms with Crippen LogP contribution in [0.1, 0.15) is 23.9 Å². The standard InChI is InChI=1S/C13H16FN3O3S3/c1-2-5-23(19,20)8-9-7-21-13(16-9)17-12(18)15-6-10-3-4-11(14)22-10/h3-4,7H,2,5-6,8H2,1H3,(H2,15,16,17,18). The molecule has 6 nitrogen and oxygen atoms in total. The molecule has 2 N–H and O–H groups in total. The number of amides is 2. The third-order valence-electron chi connectivity index (χ3n) is 2.71. The lowest BCUT2D eigenvalue weighted by atomic mass is 10.5. The van der Waals surface area contributed by atoms with Crippen LogP contribution < -0.4 is 10.6 Å². The van der Waals surface area contributed by atoms with E-state index in [4.69, 9.17) is 0 Å². The molecule has 0 aliphatic carbocycles. The number of hydrogen-bond acceptors (Lipinski definition) is 6. The summed E-state index contributed by atoms with van der Waals surface area (Å²) in [6.45, 7) is 2.01. The maximum absolute atomic E-state index is 12.8. The van der Waals surface area contributed by atoms with Gasteiger partial charge in [-0.25, -0.2) is 18.2 Å². The molecule has 0 radical (unpaired) electrons. The zero-order valence-corrected chi connectivity index (χ0v) is 14.8. The van der Waals surface area contributed by atoms with E-state index >= 15 is 0 Å². The molecule has 126 valence electrons. The van der Waals surface area contributed by atoms with Gasteiger partial charge in [-0.15, -0.1) is 22.7 Å². The van der Waals surface area contributed by atoms with E-state index in [1.807, 2.05) is 0 Å². The maximum Gasteiger partial charge on any atom is 0.321 e. The second-order valence-corrected chi connectivity index (χ2v) is 8.91. The lowest BCUT2D eigenvalue weighted by Crippen LogP contribution is -2.27. The van der Waals surface area contributed by atoms with Gasteiger partial charge in [-0.1, -0.05) is 6.92 Å². The Kier molecular flexibility index (Phi) is 6.08. The third kappa shape index (κ3) is 5.88. The van der Waals surface area contributed by atoms with Crippen molar-refractivity contribution in [1.29, 1.82) is 0 Å². The summed E-state index contributed by atoms with van der Waals surface area (Å²) in [6, 6.07) is 2.46. The zero-order valence-electron chi connectivity index (χ0n) is 12.3. The fourth-order valence-electron chi connectivity index (χ4n) is 1.79. The van der Waals surface area contributed by atoms with E-state index in [0.717, 1.165) is 22.7 Å². The van der Waals surface area contributed by atoms with Crippen LogP contribution in [0.4, 0.5) is 14.3 Å². The monoisotopic (exact) mass is 377 g/mol. The van der Waals surface area contributed by atoms with Gasteiger partial charge in [0.1, 0.15) is 0 Å². The van der Waals surface area contributed by atoms with E-state index in [-0.39, 0.29) is 23.2 Å². The van der Waals surface area contributed by atoms with Gasteiger partial charge in [-0.05, 0) is 18.6 Å². The van der Waals surface area contributed by atoms with Crippen molar-refractivity contribution in [2.24, 2.45) is 0 Å². The number of nitrogens with one attached hydrogen (secondary N) is 2. The predicted molar refractivity (Wildman–Crippen MR) is 90.0 cm³/mol. The molecule has 0 bridgehead atoms. The van der Waals surface area contributed by atoms with Crippen LogP contribution in [0, 0.1) is 5.13 Å². The molecule has 2 rings (SSSR count). The Labute approximate surface area is 141 Å². The number of thiophene rings is 1. The highest BCUT2D eigenvalue weighted by atomic mass is 32.2. The van der Waals surface area contributed by atoms with E-state index in [0.29, 0.717) is 22.1 Å². The third-order valence-corrected chi connectivity index (χ3v) is 6.15. The molecule has 0 saturated heterocycles. The van der Waals surface area contributed by atoms with Gasteiger partial charge in [-0.2, -0.15) is 4.39 Å². The second kappa shape index (κ2) is 7.84. The Balaban J connectivity index is 1.85. The van der Waals surface area contributed by atoms with Crippen LogP contribution >= 0.6 is 22.7 Å². The van der Waals surface area contributed by atoms with Crippen LogP contribution in [-0.4, -0.2) is 25.2 Å². The van der Waals surface area contributed by atoms with Crippen molar-refractivity contribution in [1.82, 2.24) is 10.3 Å². The van der Waals surface area contributed by atoms with Gasteiger partial charge >= 0.3 is 6.03 Å². The van der Waals surface area contributed by atoms with Crippen molar-refractivity contribution in [2.45, 2.75) is 25.6 Å². The highest BCUT2D eigenvalue weighted by Crippen LogP contribution is 2.18. The molecule has 0 aliphatic rings. The quantitative estimate of drug-likeness (QED) is 0.776. The van der Waals surface area contributed by atoms with Crippen LogP contribution in [0.15, 0.2) is 17.5 Å². The van der Waals surface area contributed by atoms with Gasteiger partial charge in [0.15, 0.2) is 20.1 Å². The molecule has 0 unspecified atom stereocenters. The van der Waals surface area contributed by atoms with Gasteiger partial charge < -0.3 is 5.32 Å². The average molecular weight is 377 g/mol. The van der Waals surface area contributed by atoms with E-state index in [2.05, 4.69) is 15.6 Å². The van der Waals surface area contributed by atoms with Gasteiger partial charge in [0.2, 0.25) is 0 Å². The highest BCUT2D eigenvalue weighted by Gasteiger charge is 2.14. The predicted octanol–water partition coefficient (Wildman–Crippen LogP) is 2.99. The number of carbonyl (C=O) groups is 1. The number of sulfone groups is 1.